The van der Waals surface area contributed by atoms with E-state index in [0.29, 0.717) is 6.54 Å². The van der Waals surface area contributed by atoms with Crippen LogP contribution in [0.1, 0.15) is 18.1 Å². The minimum atomic E-state index is -0.231. The van der Waals surface area contributed by atoms with Crippen LogP contribution >= 0.6 is 23.1 Å². The molecule has 1 aliphatic heterocycles. The van der Waals surface area contributed by atoms with E-state index in [9.17, 15) is 4.79 Å². The number of aryl methyl sites for hydroxylation is 1. The van der Waals surface area contributed by atoms with Crippen molar-refractivity contribution in [3.05, 3.63) is 59.0 Å². The van der Waals surface area contributed by atoms with Crippen molar-refractivity contribution in [1.29, 1.82) is 0 Å². The Kier molecular flexibility index (Phi) is 5.54. The third-order valence-corrected chi connectivity index (χ3v) is 6.45. The van der Waals surface area contributed by atoms with E-state index in [2.05, 4.69) is 41.5 Å². The summed E-state index contributed by atoms with van der Waals surface area (Å²) >= 11 is 3.04. The van der Waals surface area contributed by atoms with Gasteiger partial charge in [-0.3, -0.25) is 4.79 Å². The van der Waals surface area contributed by atoms with Gasteiger partial charge in [-0.05, 0) is 31.5 Å². The first-order valence-electron chi connectivity index (χ1n) is 8.94. The highest BCUT2D eigenvalue weighted by atomic mass is 32.2. The largest absolute Gasteiger partial charge is 0.454 e. The topological polar surface area (TPSA) is 60.5 Å². The fourth-order valence-electron chi connectivity index (χ4n) is 2.76. The molecule has 0 bridgehead atoms. The van der Waals surface area contributed by atoms with E-state index in [-0.39, 0.29) is 18.0 Å². The standard InChI is InChI=1S/C21H20N2O3S2/c1-13-3-6-16(7-4-13)17-11-27-21(23-17)28-14(2)20(24)22-10-15-5-8-18-19(9-15)26-12-25-18/h3-9,11,14H,10,12H2,1-2H3,(H,22,24)/t14-/m0/s1. The zero-order valence-corrected chi connectivity index (χ0v) is 17.2. The minimum Gasteiger partial charge on any atom is -0.454 e. The van der Waals surface area contributed by atoms with Crippen molar-refractivity contribution in [3.63, 3.8) is 0 Å². The molecule has 0 fully saturated rings. The molecule has 144 valence electrons. The molecule has 7 heteroatoms. The quantitative estimate of drug-likeness (QED) is 0.598. The number of hydrogen-bond donors (Lipinski definition) is 1. The summed E-state index contributed by atoms with van der Waals surface area (Å²) in [6.07, 6.45) is 0. The van der Waals surface area contributed by atoms with Crippen molar-refractivity contribution in [2.45, 2.75) is 30.0 Å². The number of carbonyl (C=O) groups excluding carboxylic acids is 1. The van der Waals surface area contributed by atoms with Gasteiger partial charge in [0.1, 0.15) is 0 Å². The molecule has 28 heavy (non-hydrogen) atoms. The molecule has 0 aliphatic carbocycles. The monoisotopic (exact) mass is 412 g/mol. The zero-order valence-electron chi connectivity index (χ0n) is 15.6. The number of ether oxygens (including phenoxy) is 2. The Morgan fingerprint density at radius 3 is 2.82 bits per heavy atom. The van der Waals surface area contributed by atoms with Gasteiger partial charge in [0.2, 0.25) is 12.7 Å². The lowest BCUT2D eigenvalue weighted by Crippen LogP contribution is -2.30. The predicted molar refractivity (Wildman–Crippen MR) is 112 cm³/mol. The third kappa shape index (κ3) is 4.31. The van der Waals surface area contributed by atoms with Crippen LogP contribution in [0.5, 0.6) is 11.5 Å². The van der Waals surface area contributed by atoms with Crippen molar-refractivity contribution < 1.29 is 14.3 Å². The van der Waals surface area contributed by atoms with Crippen molar-refractivity contribution in [2.75, 3.05) is 6.79 Å². The number of amides is 1. The number of carbonyl (C=O) groups is 1. The van der Waals surface area contributed by atoms with E-state index < -0.39 is 0 Å². The van der Waals surface area contributed by atoms with Crippen molar-refractivity contribution in [1.82, 2.24) is 10.3 Å². The lowest BCUT2D eigenvalue weighted by atomic mass is 10.1. The molecule has 2 heterocycles. The van der Waals surface area contributed by atoms with Gasteiger partial charge in [0, 0.05) is 17.5 Å². The van der Waals surface area contributed by atoms with Crippen molar-refractivity contribution in [3.8, 4) is 22.8 Å². The molecule has 5 nitrogen and oxygen atoms in total. The number of thioether (sulfide) groups is 1. The lowest BCUT2D eigenvalue weighted by molar-refractivity contribution is -0.120. The van der Waals surface area contributed by atoms with Crippen LogP contribution in [0, 0.1) is 6.92 Å². The SMILES string of the molecule is Cc1ccc(-c2csc(S[C@@H](C)C(=O)NCc3ccc4c(c3)OCO4)n2)cc1. The van der Waals surface area contributed by atoms with Gasteiger partial charge in [-0.1, -0.05) is 47.7 Å². The van der Waals surface area contributed by atoms with Crippen molar-refractivity contribution >= 4 is 29.0 Å². The summed E-state index contributed by atoms with van der Waals surface area (Å²) in [6, 6.07) is 14.0. The Balaban J connectivity index is 1.32. The summed E-state index contributed by atoms with van der Waals surface area (Å²) in [5.41, 5.74) is 4.24. The van der Waals surface area contributed by atoms with Crippen LogP contribution in [0.2, 0.25) is 0 Å². The van der Waals surface area contributed by atoms with Gasteiger partial charge in [0.25, 0.3) is 0 Å². The molecule has 4 rings (SSSR count). The Hall–Kier alpha value is -2.51. The third-order valence-electron chi connectivity index (χ3n) is 4.38. The summed E-state index contributed by atoms with van der Waals surface area (Å²) in [6.45, 7) is 4.66. The van der Waals surface area contributed by atoms with E-state index in [1.807, 2.05) is 30.5 Å². The molecular weight excluding hydrogens is 392 g/mol. The summed E-state index contributed by atoms with van der Waals surface area (Å²) in [5, 5.41) is 4.78. The van der Waals surface area contributed by atoms with Gasteiger partial charge in [-0.25, -0.2) is 4.98 Å². The van der Waals surface area contributed by atoms with Crippen LogP contribution < -0.4 is 14.8 Å². The number of benzene rings is 2. The second-order valence-corrected chi connectivity index (χ2v) is 8.98. The predicted octanol–water partition coefficient (Wildman–Crippen LogP) is 4.64. The number of hydrogen-bond acceptors (Lipinski definition) is 6. The molecular formula is C21H20N2O3S2. The highest BCUT2D eigenvalue weighted by Crippen LogP contribution is 2.33. The molecule has 2 aromatic carbocycles. The summed E-state index contributed by atoms with van der Waals surface area (Å²) in [7, 11) is 0. The summed E-state index contributed by atoms with van der Waals surface area (Å²) in [4.78, 5) is 17.1. The van der Waals surface area contributed by atoms with Crippen molar-refractivity contribution in [2.24, 2.45) is 0 Å². The fourth-order valence-corrected chi connectivity index (χ4v) is 4.75. The molecule has 1 aromatic heterocycles. The molecule has 1 amide bonds. The Labute approximate surface area is 172 Å². The Morgan fingerprint density at radius 1 is 1.21 bits per heavy atom. The fraction of sp³-hybridized carbons (Fsp3) is 0.238. The van der Waals surface area contributed by atoms with Gasteiger partial charge in [-0.15, -0.1) is 11.3 Å². The van der Waals surface area contributed by atoms with E-state index in [4.69, 9.17) is 9.47 Å². The smallest absolute Gasteiger partial charge is 0.233 e. The van der Waals surface area contributed by atoms with Gasteiger partial charge in [0.15, 0.2) is 15.8 Å². The normalized spacial score (nSPS) is 13.4. The number of fused-ring (bicyclic) bond motifs is 1. The average molecular weight is 413 g/mol. The van der Waals surface area contributed by atoms with Crippen LogP contribution in [0.25, 0.3) is 11.3 Å². The van der Waals surface area contributed by atoms with E-state index in [1.54, 1.807) is 11.3 Å². The number of nitrogens with one attached hydrogen (secondary N) is 1. The van der Waals surface area contributed by atoms with Gasteiger partial charge in [-0.2, -0.15) is 0 Å². The zero-order chi connectivity index (χ0) is 19.5. The first-order valence-corrected chi connectivity index (χ1v) is 10.7. The molecule has 0 spiro atoms. The molecule has 0 unspecified atom stereocenters. The first kappa shape index (κ1) is 18.8. The van der Waals surface area contributed by atoms with Gasteiger partial charge < -0.3 is 14.8 Å². The number of thiazole rings is 1. The van der Waals surface area contributed by atoms with Crippen LogP contribution in [-0.4, -0.2) is 22.9 Å². The Morgan fingerprint density at radius 2 is 2.00 bits per heavy atom. The lowest BCUT2D eigenvalue weighted by Gasteiger charge is -2.11. The molecule has 0 saturated heterocycles. The maximum atomic E-state index is 12.5. The number of nitrogens with zero attached hydrogens (tertiary/aromatic N) is 1. The Bertz CT molecular complexity index is 986. The maximum Gasteiger partial charge on any atom is 0.233 e. The van der Waals surface area contributed by atoms with Gasteiger partial charge >= 0.3 is 0 Å². The van der Waals surface area contributed by atoms with E-state index >= 15 is 0 Å². The second-order valence-electron chi connectivity index (χ2n) is 6.53. The molecule has 0 saturated carbocycles. The summed E-state index contributed by atoms with van der Waals surface area (Å²) < 4.78 is 11.6. The van der Waals surface area contributed by atoms with E-state index in [1.165, 1.54) is 17.3 Å². The highest BCUT2D eigenvalue weighted by molar-refractivity contribution is 8.02. The summed E-state index contributed by atoms with van der Waals surface area (Å²) in [5.74, 6) is 1.45. The van der Waals surface area contributed by atoms with E-state index in [0.717, 1.165) is 32.7 Å². The minimum absolute atomic E-state index is 0.0187. The molecule has 1 aliphatic rings. The average Bonchev–Trinajstić information content (AvgIpc) is 3.35. The van der Waals surface area contributed by atoms with Gasteiger partial charge in [0.05, 0.1) is 10.9 Å². The molecule has 1 N–H and O–H groups in total. The highest BCUT2D eigenvalue weighted by Gasteiger charge is 2.18. The first-order chi connectivity index (χ1) is 13.6. The molecule has 0 radical (unpaired) electrons. The van der Waals surface area contributed by atoms with Crippen LogP contribution in [0.3, 0.4) is 0 Å². The number of aromatic nitrogens is 1. The van der Waals surface area contributed by atoms with Crippen LogP contribution in [-0.2, 0) is 11.3 Å². The molecule has 3 aromatic rings. The maximum absolute atomic E-state index is 12.5. The number of rotatable bonds is 6. The second kappa shape index (κ2) is 8.24. The van der Waals surface area contributed by atoms with Crippen LogP contribution in [0.4, 0.5) is 0 Å². The van der Waals surface area contributed by atoms with Crippen LogP contribution in [0.15, 0.2) is 52.2 Å². The molecule has 1 atom stereocenters.